The maximum absolute atomic E-state index is 6.82. The van der Waals surface area contributed by atoms with Gasteiger partial charge in [0.2, 0.25) is 0 Å². The van der Waals surface area contributed by atoms with E-state index in [9.17, 15) is 0 Å². The fraction of sp³-hybridized carbons (Fsp3) is 0.0492. The van der Waals surface area contributed by atoms with E-state index in [-0.39, 0.29) is 5.41 Å². The van der Waals surface area contributed by atoms with Gasteiger partial charge < -0.3 is 9.32 Å². The predicted octanol–water partition coefficient (Wildman–Crippen LogP) is 17.9. The summed E-state index contributed by atoms with van der Waals surface area (Å²) >= 11 is 1.86. The zero-order valence-electron chi connectivity index (χ0n) is 35.5. The van der Waals surface area contributed by atoms with Crippen LogP contribution in [-0.4, -0.2) is 0 Å². The molecule has 0 saturated heterocycles. The van der Waals surface area contributed by atoms with Crippen molar-refractivity contribution >= 4 is 81.3 Å². The van der Waals surface area contributed by atoms with Crippen LogP contribution in [0.4, 0.5) is 17.1 Å². The molecule has 64 heavy (non-hydrogen) atoms. The van der Waals surface area contributed by atoms with Gasteiger partial charge in [-0.15, -0.1) is 11.3 Å². The summed E-state index contributed by atoms with van der Waals surface area (Å²) in [7, 11) is 0. The van der Waals surface area contributed by atoms with E-state index in [1.165, 1.54) is 69.9 Å². The molecule has 2 aromatic heterocycles. The van der Waals surface area contributed by atoms with Crippen LogP contribution < -0.4 is 4.90 Å². The number of furan rings is 1. The molecular weight excluding hydrogens is 795 g/mol. The van der Waals surface area contributed by atoms with E-state index >= 15 is 0 Å². The Hall–Kier alpha value is -7.72. The van der Waals surface area contributed by atoms with Crippen LogP contribution in [0.2, 0.25) is 0 Å². The van der Waals surface area contributed by atoms with Crippen molar-refractivity contribution in [3.63, 3.8) is 0 Å². The van der Waals surface area contributed by atoms with Crippen LogP contribution in [0, 0.1) is 0 Å². The van der Waals surface area contributed by atoms with E-state index in [2.05, 4.69) is 231 Å². The number of fused-ring (bicyclic) bond motifs is 10. The lowest BCUT2D eigenvalue weighted by molar-refractivity contribution is 0.662. The molecule has 0 amide bonds. The van der Waals surface area contributed by atoms with Crippen LogP contribution in [0.3, 0.4) is 0 Å². The smallest absolute Gasteiger partial charge is 0.143 e. The van der Waals surface area contributed by atoms with Crippen LogP contribution in [0.1, 0.15) is 25.0 Å². The second-order valence-corrected chi connectivity index (χ2v) is 18.6. The second-order valence-electron chi connectivity index (χ2n) is 17.5. The molecule has 0 unspecified atom stereocenters. The van der Waals surface area contributed by atoms with Crippen molar-refractivity contribution in [2.75, 3.05) is 4.90 Å². The van der Waals surface area contributed by atoms with E-state index < -0.39 is 0 Å². The van der Waals surface area contributed by atoms with E-state index in [0.29, 0.717) is 0 Å². The first-order valence-corrected chi connectivity index (χ1v) is 22.9. The van der Waals surface area contributed by atoms with E-state index in [1.54, 1.807) is 0 Å². The zero-order chi connectivity index (χ0) is 42.5. The Labute approximate surface area is 375 Å². The molecule has 2 heterocycles. The van der Waals surface area contributed by atoms with Crippen LogP contribution in [0.25, 0.3) is 97.4 Å². The molecule has 13 rings (SSSR count). The summed E-state index contributed by atoms with van der Waals surface area (Å²) in [6.45, 7) is 4.77. The first-order valence-electron chi connectivity index (χ1n) is 22.1. The van der Waals surface area contributed by atoms with Crippen molar-refractivity contribution in [2.24, 2.45) is 0 Å². The highest BCUT2D eigenvalue weighted by Gasteiger charge is 2.38. The number of thiophene rings is 1. The monoisotopic (exact) mass is 835 g/mol. The first kappa shape index (κ1) is 36.9. The Morgan fingerprint density at radius 2 is 0.984 bits per heavy atom. The SMILES string of the molecule is CC1(C)c2ccccc2-c2cccc(-c3ccccc3N(c3ccc4sc5ccccc5c4c3)c3cccc(-c4cccc5c4oc4ccccc45)c3-c3cccc4ccccc34)c21. The predicted molar refractivity (Wildman–Crippen MR) is 273 cm³/mol. The fourth-order valence-corrected chi connectivity index (χ4v) is 12.0. The highest BCUT2D eigenvalue weighted by molar-refractivity contribution is 7.25. The van der Waals surface area contributed by atoms with Crippen LogP contribution in [0.5, 0.6) is 0 Å². The average Bonchev–Trinajstić information content (AvgIpc) is 3.99. The molecule has 1 aliphatic carbocycles. The molecule has 0 bridgehead atoms. The van der Waals surface area contributed by atoms with Crippen molar-refractivity contribution in [3.8, 4) is 44.5 Å². The normalized spacial score (nSPS) is 13.0. The molecule has 1 aliphatic rings. The molecule has 3 heteroatoms. The minimum Gasteiger partial charge on any atom is -0.455 e. The maximum Gasteiger partial charge on any atom is 0.143 e. The summed E-state index contributed by atoms with van der Waals surface area (Å²) < 4.78 is 9.39. The second kappa shape index (κ2) is 14.2. The molecule has 0 saturated carbocycles. The lowest BCUT2D eigenvalue weighted by Crippen LogP contribution is -2.17. The number of benzene rings is 10. The molecule has 0 spiro atoms. The van der Waals surface area contributed by atoms with Crippen molar-refractivity contribution in [1.82, 2.24) is 0 Å². The Morgan fingerprint density at radius 3 is 1.89 bits per heavy atom. The van der Waals surface area contributed by atoms with Crippen LogP contribution in [0.15, 0.2) is 217 Å². The Balaban J connectivity index is 1.15. The summed E-state index contributed by atoms with van der Waals surface area (Å²) in [6.07, 6.45) is 0. The minimum atomic E-state index is -0.200. The van der Waals surface area contributed by atoms with Crippen LogP contribution in [-0.2, 0) is 5.41 Å². The zero-order valence-corrected chi connectivity index (χ0v) is 36.3. The third kappa shape index (κ3) is 5.44. The Bertz CT molecular complexity index is 3840. The molecular formula is C61H41NOS. The Morgan fingerprint density at radius 1 is 0.406 bits per heavy atom. The molecule has 0 atom stereocenters. The highest BCUT2D eigenvalue weighted by Crippen LogP contribution is 2.55. The summed E-state index contributed by atoms with van der Waals surface area (Å²) in [5.74, 6) is 0. The molecule has 10 aromatic carbocycles. The minimum absolute atomic E-state index is 0.200. The molecule has 12 aromatic rings. The largest absolute Gasteiger partial charge is 0.455 e. The summed E-state index contributed by atoms with van der Waals surface area (Å²) in [5.41, 5.74) is 17.1. The van der Waals surface area contributed by atoms with E-state index in [4.69, 9.17) is 4.42 Å². The first-order chi connectivity index (χ1) is 31.5. The molecule has 2 nitrogen and oxygen atoms in total. The van der Waals surface area contributed by atoms with Crippen LogP contribution >= 0.6 is 11.3 Å². The third-order valence-electron chi connectivity index (χ3n) is 13.7. The molecule has 0 N–H and O–H groups in total. The van der Waals surface area contributed by atoms with Gasteiger partial charge in [-0.1, -0.05) is 184 Å². The molecule has 0 radical (unpaired) electrons. The summed E-state index contributed by atoms with van der Waals surface area (Å²) in [5, 5.41) is 7.16. The standard InChI is InChI=1S/C61H41NOS/c1-61(2)52-30-9-5-20-41(52)47-26-14-27-48(59(47)61)42-21-6-10-31-53(42)62(39-35-36-57-51(37-39)44-23-8-12-34-56(44)64-57)54-32-16-25-46(58(54)45-24-13-18-38-17-3-4-19-40(38)45)50-29-15-28-49-43-22-7-11-33-55(43)63-60(49)50/h3-37H,1-2H3. The van der Waals surface area contributed by atoms with Gasteiger partial charge in [-0.25, -0.2) is 0 Å². The number of nitrogens with zero attached hydrogens (tertiary/aromatic N) is 1. The van der Waals surface area contributed by atoms with Crippen molar-refractivity contribution in [2.45, 2.75) is 19.3 Å². The number of rotatable bonds is 6. The van der Waals surface area contributed by atoms with Gasteiger partial charge in [0, 0.05) is 58.7 Å². The van der Waals surface area contributed by atoms with Crippen molar-refractivity contribution in [1.29, 1.82) is 0 Å². The van der Waals surface area contributed by atoms with E-state index in [1.807, 2.05) is 11.3 Å². The lowest BCUT2D eigenvalue weighted by Gasteiger charge is -2.32. The molecule has 0 fully saturated rings. The van der Waals surface area contributed by atoms with Gasteiger partial charge >= 0.3 is 0 Å². The number of para-hydroxylation sites is 3. The number of hydrogen-bond donors (Lipinski definition) is 0. The van der Waals surface area contributed by atoms with Gasteiger partial charge in [0.25, 0.3) is 0 Å². The number of hydrogen-bond acceptors (Lipinski definition) is 3. The van der Waals surface area contributed by atoms with Crippen molar-refractivity contribution in [3.05, 3.63) is 223 Å². The lowest BCUT2D eigenvalue weighted by atomic mass is 9.78. The fourth-order valence-electron chi connectivity index (χ4n) is 10.9. The average molecular weight is 836 g/mol. The summed E-state index contributed by atoms with van der Waals surface area (Å²) in [4.78, 5) is 2.54. The van der Waals surface area contributed by atoms with Gasteiger partial charge in [0.1, 0.15) is 11.2 Å². The Kier molecular flexibility index (Phi) is 8.16. The highest BCUT2D eigenvalue weighted by atomic mass is 32.1. The third-order valence-corrected chi connectivity index (χ3v) is 14.8. The number of anilines is 3. The van der Waals surface area contributed by atoms with Gasteiger partial charge in [0.05, 0.1) is 11.4 Å². The van der Waals surface area contributed by atoms with Gasteiger partial charge in [-0.05, 0) is 92.2 Å². The quantitative estimate of drug-likeness (QED) is 0.166. The van der Waals surface area contributed by atoms with Gasteiger partial charge in [-0.3, -0.25) is 0 Å². The maximum atomic E-state index is 6.82. The molecule has 302 valence electrons. The summed E-state index contributed by atoms with van der Waals surface area (Å²) in [6, 6.07) is 78.1. The van der Waals surface area contributed by atoms with Crippen molar-refractivity contribution < 1.29 is 4.42 Å². The molecule has 0 aliphatic heterocycles. The topological polar surface area (TPSA) is 16.4 Å². The van der Waals surface area contributed by atoms with Gasteiger partial charge in [0.15, 0.2) is 0 Å². The van der Waals surface area contributed by atoms with E-state index in [0.717, 1.165) is 55.7 Å². The van der Waals surface area contributed by atoms with Gasteiger partial charge in [-0.2, -0.15) is 0 Å².